The van der Waals surface area contributed by atoms with Crippen molar-refractivity contribution >= 4 is 37.5 Å². The van der Waals surface area contributed by atoms with E-state index in [9.17, 15) is 12.3 Å². The number of hydrogen-bond acceptors (Lipinski definition) is 4. The van der Waals surface area contributed by atoms with E-state index < -0.39 is 10.2 Å². The van der Waals surface area contributed by atoms with Crippen molar-refractivity contribution in [2.75, 3.05) is 7.11 Å². The van der Waals surface area contributed by atoms with Crippen molar-refractivity contribution < 1.29 is 17.0 Å². The summed E-state index contributed by atoms with van der Waals surface area (Å²) in [6.07, 6.45) is 0. The van der Waals surface area contributed by atoms with Gasteiger partial charge in [0, 0.05) is 0 Å². The Kier molecular flexibility index (Phi) is 2.74. The van der Waals surface area contributed by atoms with Crippen molar-refractivity contribution in [1.29, 1.82) is 0 Å². The number of thiophene rings is 1. The van der Waals surface area contributed by atoms with Crippen molar-refractivity contribution in [3.05, 3.63) is 10.5 Å². The number of rotatable bonds is 2. The SMILES string of the molecule is COc1sc(S(=O)(=O)F)cc1Br. The standard InChI is InChI=1S/C5H4BrFO3S2/c1-10-5-3(6)2-4(11-5)12(7,8)9/h2H,1H3. The van der Waals surface area contributed by atoms with Gasteiger partial charge in [-0.25, -0.2) is 0 Å². The Morgan fingerprint density at radius 3 is 2.50 bits per heavy atom. The van der Waals surface area contributed by atoms with Crippen LogP contribution in [0, 0.1) is 0 Å². The van der Waals surface area contributed by atoms with Crippen LogP contribution in [-0.4, -0.2) is 15.5 Å². The average molecular weight is 275 g/mol. The fraction of sp³-hybridized carbons (Fsp3) is 0.200. The zero-order valence-corrected chi connectivity index (χ0v) is 9.09. The Bertz CT molecular complexity index is 383. The smallest absolute Gasteiger partial charge is 0.341 e. The van der Waals surface area contributed by atoms with Gasteiger partial charge in [-0.2, -0.15) is 8.42 Å². The Morgan fingerprint density at radius 2 is 2.25 bits per heavy atom. The molecule has 0 bridgehead atoms. The molecule has 0 unspecified atom stereocenters. The zero-order valence-electron chi connectivity index (χ0n) is 5.87. The van der Waals surface area contributed by atoms with Gasteiger partial charge in [0.15, 0.2) is 9.27 Å². The van der Waals surface area contributed by atoms with E-state index in [1.165, 1.54) is 13.2 Å². The van der Waals surface area contributed by atoms with Crippen molar-refractivity contribution in [3.63, 3.8) is 0 Å². The van der Waals surface area contributed by atoms with Crippen LogP contribution in [0.15, 0.2) is 14.7 Å². The van der Waals surface area contributed by atoms with E-state index in [4.69, 9.17) is 4.74 Å². The summed E-state index contributed by atoms with van der Waals surface area (Å²) in [6.45, 7) is 0. The number of halogens is 2. The summed E-state index contributed by atoms with van der Waals surface area (Å²) in [5.74, 6) is 0. The highest BCUT2D eigenvalue weighted by molar-refractivity contribution is 9.10. The molecule has 1 heterocycles. The van der Waals surface area contributed by atoms with Crippen LogP contribution in [0.5, 0.6) is 5.06 Å². The second kappa shape index (κ2) is 3.31. The lowest BCUT2D eigenvalue weighted by Crippen LogP contribution is -1.85. The largest absolute Gasteiger partial charge is 0.486 e. The van der Waals surface area contributed by atoms with Crippen LogP contribution >= 0.6 is 27.3 Å². The van der Waals surface area contributed by atoms with Crippen LogP contribution in [0.3, 0.4) is 0 Å². The lowest BCUT2D eigenvalue weighted by Gasteiger charge is -1.91. The predicted molar refractivity (Wildman–Crippen MR) is 46.9 cm³/mol. The maximum Gasteiger partial charge on any atom is 0.341 e. The number of ether oxygens (including phenoxy) is 1. The van der Waals surface area contributed by atoms with Gasteiger partial charge in [-0.1, -0.05) is 15.2 Å². The summed E-state index contributed by atoms with van der Waals surface area (Å²) in [5.41, 5.74) is 0. The molecular formula is C5H4BrFO3S2. The first kappa shape index (κ1) is 9.94. The molecule has 3 nitrogen and oxygen atoms in total. The van der Waals surface area contributed by atoms with Crippen LogP contribution < -0.4 is 4.74 Å². The summed E-state index contributed by atoms with van der Waals surface area (Å²) in [7, 11) is -3.23. The molecule has 0 aliphatic heterocycles. The van der Waals surface area contributed by atoms with Gasteiger partial charge in [-0.3, -0.25) is 0 Å². The lowest BCUT2D eigenvalue weighted by molar-refractivity contribution is 0.425. The highest BCUT2D eigenvalue weighted by Crippen LogP contribution is 2.37. The van der Waals surface area contributed by atoms with Gasteiger partial charge >= 0.3 is 10.2 Å². The summed E-state index contributed by atoms with van der Waals surface area (Å²) in [6, 6.07) is 1.17. The fourth-order valence-corrected chi connectivity index (χ4v) is 3.01. The van der Waals surface area contributed by atoms with Gasteiger partial charge in [-0.05, 0) is 22.0 Å². The third kappa shape index (κ3) is 1.96. The van der Waals surface area contributed by atoms with Crippen molar-refractivity contribution in [3.8, 4) is 5.06 Å². The quantitative estimate of drug-likeness (QED) is 0.777. The molecule has 1 aromatic heterocycles. The Hall–Kier alpha value is -0.140. The Balaban J connectivity index is 3.23. The molecule has 0 N–H and O–H groups in total. The van der Waals surface area contributed by atoms with E-state index in [0.29, 0.717) is 9.54 Å². The molecule has 0 radical (unpaired) electrons. The third-order valence-corrected chi connectivity index (χ3v) is 4.25. The van der Waals surface area contributed by atoms with Crippen molar-refractivity contribution in [2.45, 2.75) is 4.21 Å². The Labute approximate surface area is 81.5 Å². The molecule has 0 spiro atoms. The van der Waals surface area contributed by atoms with E-state index >= 15 is 0 Å². The minimum atomic E-state index is -4.61. The predicted octanol–water partition coefficient (Wildman–Crippen LogP) is 2.18. The second-order valence-electron chi connectivity index (χ2n) is 1.84. The molecule has 0 saturated heterocycles. The van der Waals surface area contributed by atoms with E-state index in [0.717, 1.165) is 11.3 Å². The molecule has 12 heavy (non-hydrogen) atoms. The topological polar surface area (TPSA) is 43.4 Å². The molecule has 0 aromatic carbocycles. The van der Waals surface area contributed by atoms with Gasteiger partial charge in [0.2, 0.25) is 0 Å². The summed E-state index contributed by atoms with van der Waals surface area (Å²) >= 11 is 3.76. The minimum absolute atomic E-state index is 0.339. The second-order valence-corrected chi connectivity index (χ2v) is 5.29. The van der Waals surface area contributed by atoms with E-state index in [1.54, 1.807) is 0 Å². The first-order valence-electron chi connectivity index (χ1n) is 2.73. The van der Waals surface area contributed by atoms with Gasteiger partial charge < -0.3 is 4.74 Å². The molecule has 0 amide bonds. The van der Waals surface area contributed by atoms with Gasteiger partial charge in [-0.15, -0.1) is 0 Å². The normalized spacial score (nSPS) is 11.6. The zero-order chi connectivity index (χ0) is 9.35. The summed E-state index contributed by atoms with van der Waals surface area (Å²) in [5, 5.41) is 0.339. The van der Waals surface area contributed by atoms with Crippen LogP contribution in [0.25, 0.3) is 0 Å². The molecule has 1 rings (SSSR count). The Morgan fingerprint density at radius 1 is 1.67 bits per heavy atom. The molecule has 0 aliphatic carbocycles. The highest BCUT2D eigenvalue weighted by atomic mass is 79.9. The van der Waals surface area contributed by atoms with Crippen LogP contribution in [-0.2, 0) is 10.2 Å². The molecule has 0 aliphatic rings. The molecule has 0 fully saturated rings. The van der Waals surface area contributed by atoms with Crippen LogP contribution in [0.2, 0.25) is 0 Å². The van der Waals surface area contributed by atoms with Crippen molar-refractivity contribution in [2.24, 2.45) is 0 Å². The first-order valence-corrected chi connectivity index (χ1v) is 5.72. The first-order chi connectivity index (χ1) is 5.45. The third-order valence-electron chi connectivity index (χ3n) is 1.06. The maximum atomic E-state index is 12.4. The van der Waals surface area contributed by atoms with E-state index in [2.05, 4.69) is 15.9 Å². The van der Waals surface area contributed by atoms with Crippen LogP contribution in [0.4, 0.5) is 3.89 Å². The molecule has 0 atom stereocenters. The minimum Gasteiger partial charge on any atom is -0.486 e. The number of methoxy groups -OCH3 is 1. The molecule has 0 saturated carbocycles. The van der Waals surface area contributed by atoms with Gasteiger partial charge in [0.1, 0.15) is 0 Å². The molecule has 1 aromatic rings. The average Bonchev–Trinajstić information content (AvgIpc) is 2.29. The van der Waals surface area contributed by atoms with Crippen molar-refractivity contribution in [1.82, 2.24) is 0 Å². The maximum absolute atomic E-state index is 12.4. The lowest BCUT2D eigenvalue weighted by atomic mass is 10.6. The molecule has 7 heteroatoms. The number of hydrogen-bond donors (Lipinski definition) is 0. The van der Waals surface area contributed by atoms with Gasteiger partial charge in [0.05, 0.1) is 11.6 Å². The van der Waals surface area contributed by atoms with Crippen LogP contribution in [0.1, 0.15) is 0 Å². The van der Waals surface area contributed by atoms with E-state index in [-0.39, 0.29) is 4.21 Å². The highest BCUT2D eigenvalue weighted by Gasteiger charge is 2.18. The monoisotopic (exact) mass is 274 g/mol. The van der Waals surface area contributed by atoms with E-state index in [1.807, 2.05) is 0 Å². The fourth-order valence-electron chi connectivity index (χ4n) is 0.591. The van der Waals surface area contributed by atoms with Gasteiger partial charge in [0.25, 0.3) is 0 Å². The summed E-state index contributed by atoms with van der Waals surface area (Å²) in [4.78, 5) is 0. The molecule has 68 valence electrons. The molecular weight excluding hydrogens is 271 g/mol. The summed E-state index contributed by atoms with van der Waals surface area (Å²) < 4.78 is 38.0.